The highest BCUT2D eigenvalue weighted by molar-refractivity contribution is 7.80. The Labute approximate surface area is 120 Å². The zero-order valence-electron chi connectivity index (χ0n) is 11.4. The smallest absolute Gasteiger partial charge is 0.124 e. The molecule has 1 aliphatic carbocycles. The third-order valence-electron chi connectivity index (χ3n) is 3.65. The minimum absolute atomic E-state index is 0.402. The van der Waals surface area contributed by atoms with Crippen LogP contribution in [0.25, 0.3) is 0 Å². The predicted octanol–water partition coefficient (Wildman–Crippen LogP) is 3.04. The summed E-state index contributed by atoms with van der Waals surface area (Å²) in [5.41, 5.74) is 7.51. The first-order chi connectivity index (χ1) is 9.20. The number of benzene rings is 1. The van der Waals surface area contributed by atoms with E-state index >= 15 is 0 Å². The van der Waals surface area contributed by atoms with E-state index in [1.54, 1.807) is 7.11 Å². The Bertz CT molecular complexity index is 442. The standard InChI is InChI=1S/C15H21NO2S/c1-17-14-7-6-12(15(16)19)8-13(14)10-18-9-11-4-2-3-5-11/h6-8,11H,2-5,9-10H2,1H3,(H2,16,19). The van der Waals surface area contributed by atoms with Crippen molar-refractivity contribution in [2.45, 2.75) is 32.3 Å². The highest BCUT2D eigenvalue weighted by atomic mass is 32.1. The predicted molar refractivity (Wildman–Crippen MR) is 80.5 cm³/mol. The van der Waals surface area contributed by atoms with Gasteiger partial charge in [0.2, 0.25) is 0 Å². The summed E-state index contributed by atoms with van der Waals surface area (Å²) in [6.45, 7) is 1.39. The van der Waals surface area contributed by atoms with E-state index in [0.29, 0.717) is 11.6 Å². The van der Waals surface area contributed by atoms with Crippen molar-refractivity contribution < 1.29 is 9.47 Å². The molecule has 0 spiro atoms. The Balaban J connectivity index is 1.96. The van der Waals surface area contributed by atoms with Gasteiger partial charge >= 0.3 is 0 Å². The average molecular weight is 279 g/mol. The second kappa shape index (κ2) is 6.87. The zero-order chi connectivity index (χ0) is 13.7. The number of hydrogen-bond donors (Lipinski definition) is 1. The molecule has 2 rings (SSSR count). The fourth-order valence-corrected chi connectivity index (χ4v) is 2.68. The van der Waals surface area contributed by atoms with Gasteiger partial charge in [-0.3, -0.25) is 0 Å². The van der Waals surface area contributed by atoms with Crippen LogP contribution in [0.2, 0.25) is 0 Å². The third kappa shape index (κ3) is 3.91. The van der Waals surface area contributed by atoms with Crippen molar-refractivity contribution in [1.82, 2.24) is 0 Å². The normalized spacial score (nSPS) is 15.6. The van der Waals surface area contributed by atoms with Gasteiger partial charge in [0.1, 0.15) is 10.7 Å². The van der Waals surface area contributed by atoms with Crippen molar-refractivity contribution in [3.63, 3.8) is 0 Å². The van der Waals surface area contributed by atoms with Crippen LogP contribution in [0.1, 0.15) is 36.8 Å². The van der Waals surface area contributed by atoms with Crippen LogP contribution in [0.5, 0.6) is 5.75 Å². The molecular weight excluding hydrogens is 258 g/mol. The lowest BCUT2D eigenvalue weighted by molar-refractivity contribution is 0.0874. The number of rotatable bonds is 6. The Morgan fingerprint density at radius 3 is 2.74 bits per heavy atom. The number of methoxy groups -OCH3 is 1. The lowest BCUT2D eigenvalue weighted by Gasteiger charge is -2.13. The fraction of sp³-hybridized carbons (Fsp3) is 0.533. The van der Waals surface area contributed by atoms with Crippen LogP contribution in [0.4, 0.5) is 0 Å². The van der Waals surface area contributed by atoms with Crippen molar-refractivity contribution in [2.75, 3.05) is 13.7 Å². The Kier molecular flexibility index (Phi) is 5.16. The number of hydrogen-bond acceptors (Lipinski definition) is 3. The first-order valence-corrected chi connectivity index (χ1v) is 7.16. The largest absolute Gasteiger partial charge is 0.496 e. The summed E-state index contributed by atoms with van der Waals surface area (Å²) in [5.74, 6) is 1.55. The van der Waals surface area contributed by atoms with Crippen LogP contribution >= 0.6 is 12.2 Å². The molecular formula is C15H21NO2S. The second-order valence-electron chi connectivity index (χ2n) is 5.06. The molecule has 0 unspecified atom stereocenters. The minimum Gasteiger partial charge on any atom is -0.496 e. The van der Waals surface area contributed by atoms with E-state index in [9.17, 15) is 0 Å². The molecule has 2 N–H and O–H groups in total. The lowest BCUT2D eigenvalue weighted by atomic mass is 10.1. The maximum absolute atomic E-state index is 5.82. The highest BCUT2D eigenvalue weighted by Gasteiger charge is 2.15. The summed E-state index contributed by atoms with van der Waals surface area (Å²) >= 11 is 5.00. The molecule has 4 heteroatoms. The Hall–Kier alpha value is -1.13. The van der Waals surface area contributed by atoms with Crippen LogP contribution in [0.3, 0.4) is 0 Å². The molecule has 104 valence electrons. The minimum atomic E-state index is 0.402. The van der Waals surface area contributed by atoms with Gasteiger partial charge < -0.3 is 15.2 Å². The maximum atomic E-state index is 5.82. The monoisotopic (exact) mass is 279 g/mol. The van der Waals surface area contributed by atoms with Gasteiger partial charge in [0.15, 0.2) is 0 Å². The SMILES string of the molecule is COc1ccc(C(N)=S)cc1COCC1CCCC1. The topological polar surface area (TPSA) is 44.5 Å². The summed E-state index contributed by atoms with van der Waals surface area (Å²) in [6, 6.07) is 5.72. The van der Waals surface area contributed by atoms with Crippen LogP contribution in [0, 0.1) is 5.92 Å². The molecule has 1 saturated carbocycles. The molecule has 1 aliphatic rings. The lowest BCUT2D eigenvalue weighted by Crippen LogP contribution is -2.11. The molecule has 1 aromatic carbocycles. The number of thiocarbonyl (C=S) groups is 1. The van der Waals surface area contributed by atoms with Crippen molar-refractivity contribution in [1.29, 1.82) is 0 Å². The van der Waals surface area contributed by atoms with Crippen molar-refractivity contribution in [3.8, 4) is 5.75 Å². The van der Waals surface area contributed by atoms with Crippen molar-refractivity contribution >= 4 is 17.2 Å². The Morgan fingerprint density at radius 1 is 1.37 bits per heavy atom. The quantitative estimate of drug-likeness (QED) is 0.813. The maximum Gasteiger partial charge on any atom is 0.124 e. The Morgan fingerprint density at radius 2 is 2.11 bits per heavy atom. The van der Waals surface area contributed by atoms with Crippen LogP contribution in [-0.2, 0) is 11.3 Å². The summed E-state index contributed by atoms with van der Waals surface area (Å²) in [4.78, 5) is 0.402. The van der Waals surface area contributed by atoms with Crippen molar-refractivity contribution in [3.05, 3.63) is 29.3 Å². The fourth-order valence-electron chi connectivity index (χ4n) is 2.56. The van der Waals surface area contributed by atoms with E-state index in [0.717, 1.165) is 29.4 Å². The molecule has 0 heterocycles. The molecule has 0 aromatic heterocycles. The van der Waals surface area contributed by atoms with Crippen LogP contribution < -0.4 is 10.5 Å². The van der Waals surface area contributed by atoms with Gasteiger partial charge in [-0.1, -0.05) is 25.1 Å². The molecule has 0 bridgehead atoms. The van der Waals surface area contributed by atoms with Gasteiger partial charge in [0.05, 0.1) is 13.7 Å². The van der Waals surface area contributed by atoms with E-state index < -0.39 is 0 Å². The first kappa shape index (κ1) is 14.3. The molecule has 19 heavy (non-hydrogen) atoms. The molecule has 3 nitrogen and oxygen atoms in total. The van der Waals surface area contributed by atoms with Crippen LogP contribution in [0.15, 0.2) is 18.2 Å². The molecule has 0 amide bonds. The molecule has 0 atom stereocenters. The summed E-state index contributed by atoms with van der Waals surface area (Å²) in [7, 11) is 1.66. The van der Waals surface area contributed by atoms with Crippen molar-refractivity contribution in [2.24, 2.45) is 11.7 Å². The van der Waals surface area contributed by atoms with Gasteiger partial charge in [0.25, 0.3) is 0 Å². The molecule has 1 fully saturated rings. The van der Waals surface area contributed by atoms with Gasteiger partial charge in [-0.2, -0.15) is 0 Å². The zero-order valence-corrected chi connectivity index (χ0v) is 12.2. The average Bonchev–Trinajstić information content (AvgIpc) is 2.91. The molecule has 0 aliphatic heterocycles. The number of nitrogens with two attached hydrogens (primary N) is 1. The van der Waals surface area contributed by atoms with Gasteiger partial charge in [-0.05, 0) is 37.0 Å². The summed E-state index contributed by atoms with van der Waals surface area (Å²) < 4.78 is 11.2. The first-order valence-electron chi connectivity index (χ1n) is 6.75. The third-order valence-corrected chi connectivity index (χ3v) is 3.89. The molecule has 0 saturated heterocycles. The summed E-state index contributed by atoms with van der Waals surface area (Å²) in [5, 5.41) is 0. The second-order valence-corrected chi connectivity index (χ2v) is 5.50. The number of ether oxygens (including phenoxy) is 2. The van der Waals surface area contributed by atoms with Gasteiger partial charge in [0, 0.05) is 17.7 Å². The van der Waals surface area contributed by atoms with E-state index in [-0.39, 0.29) is 0 Å². The van der Waals surface area contributed by atoms with Gasteiger partial charge in [-0.25, -0.2) is 0 Å². The summed E-state index contributed by atoms with van der Waals surface area (Å²) in [6.07, 6.45) is 5.27. The van der Waals surface area contributed by atoms with Gasteiger partial charge in [-0.15, -0.1) is 0 Å². The molecule has 0 radical (unpaired) electrons. The van der Waals surface area contributed by atoms with E-state index in [2.05, 4.69) is 0 Å². The molecule has 1 aromatic rings. The highest BCUT2D eigenvalue weighted by Crippen LogP contribution is 2.26. The van der Waals surface area contributed by atoms with Crippen LogP contribution in [-0.4, -0.2) is 18.7 Å². The van der Waals surface area contributed by atoms with E-state index in [1.807, 2.05) is 18.2 Å². The van der Waals surface area contributed by atoms with E-state index in [1.165, 1.54) is 25.7 Å². The van der Waals surface area contributed by atoms with E-state index in [4.69, 9.17) is 27.4 Å².